The summed E-state index contributed by atoms with van der Waals surface area (Å²) in [6.07, 6.45) is 0.871. The summed E-state index contributed by atoms with van der Waals surface area (Å²) in [7, 11) is -3.88. The summed E-state index contributed by atoms with van der Waals surface area (Å²) in [5.41, 5.74) is 5.35. The zero-order valence-electron chi connectivity index (χ0n) is 10.1. The molecule has 0 radical (unpaired) electrons. The average molecular weight is 295 g/mol. The minimum Gasteiger partial charge on any atom is -0.449 e. The van der Waals surface area contributed by atoms with Gasteiger partial charge in [-0.25, -0.2) is 9.52 Å². The maximum Gasteiger partial charge on any atom is 0.421 e. The van der Waals surface area contributed by atoms with Crippen LogP contribution >= 0.6 is 12.2 Å². The van der Waals surface area contributed by atoms with Crippen molar-refractivity contribution in [1.82, 2.24) is 9.03 Å². The Morgan fingerprint density at radius 3 is 2.61 bits per heavy atom. The number of nitrogens with zero attached hydrogens (tertiary/aromatic N) is 1. The molecule has 7 nitrogen and oxygen atoms in total. The fourth-order valence-corrected chi connectivity index (χ4v) is 2.82. The van der Waals surface area contributed by atoms with Gasteiger partial charge in [0.2, 0.25) is 0 Å². The van der Waals surface area contributed by atoms with Crippen LogP contribution in [-0.4, -0.2) is 43.0 Å². The van der Waals surface area contributed by atoms with Crippen LogP contribution in [0.15, 0.2) is 0 Å². The third-order valence-corrected chi connectivity index (χ3v) is 4.06. The van der Waals surface area contributed by atoms with Crippen LogP contribution < -0.4 is 10.5 Å². The average Bonchev–Trinajstić information content (AvgIpc) is 3.00. The molecule has 1 rings (SSSR count). The second kappa shape index (κ2) is 6.30. The predicted octanol–water partition coefficient (Wildman–Crippen LogP) is 0.118. The molecule has 0 aromatic rings. The summed E-state index contributed by atoms with van der Waals surface area (Å²) in [6, 6.07) is -0.0775. The molecular formula is C9H17N3O4S2. The van der Waals surface area contributed by atoms with Crippen molar-refractivity contribution < 1.29 is 17.9 Å². The Labute approximate surface area is 112 Å². The summed E-state index contributed by atoms with van der Waals surface area (Å²) in [4.78, 5) is 11.4. The van der Waals surface area contributed by atoms with Crippen molar-refractivity contribution in [2.24, 2.45) is 5.73 Å². The highest BCUT2D eigenvalue weighted by Crippen LogP contribution is 2.28. The highest BCUT2D eigenvalue weighted by molar-refractivity contribution is 7.87. The second-order valence-corrected chi connectivity index (χ2v) is 6.03. The standard InChI is InChI=1S/C9H17N3O4S2/c1-2-16-9(13)11-18(14,15)12(7-3-4-7)6-5-8(10)17/h7H,2-6H2,1H3,(H2,10,17)(H,11,13). The van der Waals surface area contributed by atoms with Crippen LogP contribution in [-0.2, 0) is 14.9 Å². The number of rotatable bonds is 7. The van der Waals surface area contributed by atoms with Crippen molar-refractivity contribution in [2.75, 3.05) is 13.2 Å². The first-order valence-corrected chi connectivity index (χ1v) is 7.46. The number of hydrogen-bond acceptors (Lipinski definition) is 5. The van der Waals surface area contributed by atoms with Crippen LogP contribution in [0.4, 0.5) is 4.79 Å². The summed E-state index contributed by atoms with van der Waals surface area (Å²) < 4.78 is 31.5. The van der Waals surface area contributed by atoms with Gasteiger partial charge in [0.1, 0.15) is 0 Å². The Balaban J connectivity index is 2.65. The first kappa shape index (κ1) is 15.1. The molecule has 0 atom stereocenters. The van der Waals surface area contributed by atoms with E-state index in [9.17, 15) is 13.2 Å². The summed E-state index contributed by atoms with van der Waals surface area (Å²) in [5.74, 6) is 0. The SMILES string of the molecule is CCOC(=O)NS(=O)(=O)N(CCC(N)=S)C1CC1. The lowest BCUT2D eigenvalue weighted by atomic mass is 10.4. The van der Waals surface area contributed by atoms with Gasteiger partial charge < -0.3 is 10.5 Å². The molecule has 0 spiro atoms. The molecule has 104 valence electrons. The number of thiocarbonyl (C=S) groups is 1. The van der Waals surface area contributed by atoms with Gasteiger partial charge in [-0.3, -0.25) is 0 Å². The van der Waals surface area contributed by atoms with E-state index in [2.05, 4.69) is 4.74 Å². The molecule has 0 aliphatic heterocycles. The molecule has 1 aliphatic rings. The maximum atomic E-state index is 11.9. The van der Waals surface area contributed by atoms with Gasteiger partial charge in [0.15, 0.2) is 0 Å². The van der Waals surface area contributed by atoms with Crippen LogP contribution in [0, 0.1) is 0 Å². The number of amides is 1. The largest absolute Gasteiger partial charge is 0.449 e. The molecule has 0 unspecified atom stereocenters. The van der Waals surface area contributed by atoms with Crippen molar-refractivity contribution in [2.45, 2.75) is 32.2 Å². The fourth-order valence-electron chi connectivity index (χ4n) is 1.41. The highest BCUT2D eigenvalue weighted by Gasteiger charge is 2.37. The van der Waals surface area contributed by atoms with Gasteiger partial charge in [-0.2, -0.15) is 12.7 Å². The Morgan fingerprint density at radius 1 is 1.56 bits per heavy atom. The minimum atomic E-state index is -3.88. The maximum absolute atomic E-state index is 11.9. The van der Waals surface area contributed by atoms with E-state index in [4.69, 9.17) is 18.0 Å². The van der Waals surface area contributed by atoms with Crippen molar-refractivity contribution in [3.8, 4) is 0 Å². The normalized spacial score (nSPS) is 15.4. The summed E-state index contributed by atoms with van der Waals surface area (Å²) >= 11 is 4.72. The van der Waals surface area contributed by atoms with E-state index in [1.807, 2.05) is 4.72 Å². The second-order valence-electron chi connectivity index (χ2n) is 3.89. The lowest BCUT2D eigenvalue weighted by Crippen LogP contribution is -2.45. The first-order valence-electron chi connectivity index (χ1n) is 5.61. The topological polar surface area (TPSA) is 102 Å². The van der Waals surface area contributed by atoms with Crippen molar-refractivity contribution in [1.29, 1.82) is 0 Å². The number of nitrogens with two attached hydrogens (primary N) is 1. The van der Waals surface area contributed by atoms with E-state index in [1.165, 1.54) is 4.31 Å². The van der Waals surface area contributed by atoms with Gasteiger partial charge >= 0.3 is 16.3 Å². The molecule has 1 amide bonds. The van der Waals surface area contributed by atoms with E-state index in [0.717, 1.165) is 12.8 Å². The zero-order valence-corrected chi connectivity index (χ0v) is 11.7. The van der Waals surface area contributed by atoms with Crippen molar-refractivity contribution in [3.63, 3.8) is 0 Å². The van der Waals surface area contributed by atoms with Crippen LogP contribution in [0.1, 0.15) is 26.2 Å². The minimum absolute atomic E-state index is 0.0775. The Morgan fingerprint density at radius 2 is 2.17 bits per heavy atom. The monoisotopic (exact) mass is 295 g/mol. The van der Waals surface area contributed by atoms with Crippen LogP contribution in [0.3, 0.4) is 0 Å². The molecular weight excluding hydrogens is 278 g/mol. The number of carbonyl (C=O) groups is 1. The molecule has 0 heterocycles. The molecule has 1 saturated carbocycles. The fraction of sp³-hybridized carbons (Fsp3) is 0.778. The summed E-state index contributed by atoms with van der Waals surface area (Å²) in [5, 5.41) is 0. The first-order chi connectivity index (χ1) is 8.36. The number of carbonyl (C=O) groups excluding carboxylic acids is 1. The van der Waals surface area contributed by atoms with Crippen LogP contribution in [0.5, 0.6) is 0 Å². The quantitative estimate of drug-likeness (QED) is 0.647. The third kappa shape index (κ3) is 4.75. The van der Waals surface area contributed by atoms with Gasteiger partial charge in [-0.1, -0.05) is 12.2 Å². The molecule has 3 N–H and O–H groups in total. The molecule has 0 saturated heterocycles. The molecule has 1 fully saturated rings. The molecule has 9 heteroatoms. The number of hydrogen-bond donors (Lipinski definition) is 2. The smallest absolute Gasteiger partial charge is 0.421 e. The Hall–Kier alpha value is -0.930. The van der Waals surface area contributed by atoms with Gasteiger partial charge in [-0.05, 0) is 19.8 Å². The lowest BCUT2D eigenvalue weighted by Gasteiger charge is -2.21. The van der Waals surface area contributed by atoms with Crippen LogP contribution in [0.25, 0.3) is 0 Å². The van der Waals surface area contributed by atoms with E-state index >= 15 is 0 Å². The van der Waals surface area contributed by atoms with Gasteiger partial charge in [-0.15, -0.1) is 0 Å². The van der Waals surface area contributed by atoms with E-state index in [1.54, 1.807) is 6.92 Å². The Bertz CT molecular complexity index is 420. The number of ether oxygens (including phenoxy) is 1. The Kier molecular flexibility index (Phi) is 5.29. The molecule has 1 aliphatic carbocycles. The van der Waals surface area contributed by atoms with Gasteiger partial charge in [0.25, 0.3) is 0 Å². The van der Waals surface area contributed by atoms with E-state index in [-0.39, 0.29) is 30.6 Å². The lowest BCUT2D eigenvalue weighted by molar-refractivity contribution is 0.158. The molecule has 0 aromatic heterocycles. The van der Waals surface area contributed by atoms with E-state index in [0.29, 0.717) is 0 Å². The third-order valence-electron chi connectivity index (χ3n) is 2.33. The van der Waals surface area contributed by atoms with Gasteiger partial charge in [0.05, 0.1) is 11.6 Å². The predicted molar refractivity (Wildman–Crippen MR) is 70.2 cm³/mol. The van der Waals surface area contributed by atoms with Crippen molar-refractivity contribution >= 4 is 33.5 Å². The molecule has 0 bridgehead atoms. The highest BCUT2D eigenvalue weighted by atomic mass is 32.2. The van der Waals surface area contributed by atoms with Crippen LogP contribution in [0.2, 0.25) is 0 Å². The van der Waals surface area contributed by atoms with E-state index < -0.39 is 16.3 Å². The zero-order chi connectivity index (χ0) is 13.8. The molecule has 18 heavy (non-hydrogen) atoms. The molecule has 0 aromatic carbocycles. The van der Waals surface area contributed by atoms with Gasteiger partial charge in [0, 0.05) is 19.0 Å². The summed E-state index contributed by atoms with van der Waals surface area (Å²) in [6.45, 7) is 1.88. The number of nitrogens with one attached hydrogen (secondary N) is 1. The van der Waals surface area contributed by atoms with Crippen molar-refractivity contribution in [3.05, 3.63) is 0 Å².